The van der Waals surface area contributed by atoms with Crippen LogP contribution in [0.5, 0.6) is 0 Å². The predicted molar refractivity (Wildman–Crippen MR) is 74.5 cm³/mol. The summed E-state index contributed by atoms with van der Waals surface area (Å²) in [6, 6.07) is 8.08. The van der Waals surface area contributed by atoms with Crippen LogP contribution in [-0.2, 0) is 14.3 Å². The van der Waals surface area contributed by atoms with Crippen molar-refractivity contribution in [3.8, 4) is 0 Å². The predicted octanol–water partition coefficient (Wildman–Crippen LogP) is 2.05. The number of anilines is 1. The molecular formula is C15H21NO3. The Balaban J connectivity index is 2.14. The number of carbonyl (C=O) groups excluding carboxylic acids is 1. The van der Waals surface area contributed by atoms with Gasteiger partial charge in [0.25, 0.3) is 0 Å². The molecule has 0 bridgehead atoms. The van der Waals surface area contributed by atoms with Crippen molar-refractivity contribution in [1.82, 2.24) is 0 Å². The first-order chi connectivity index (χ1) is 9.11. The van der Waals surface area contributed by atoms with E-state index in [1.54, 1.807) is 0 Å². The van der Waals surface area contributed by atoms with Gasteiger partial charge in [0.15, 0.2) is 0 Å². The van der Waals surface area contributed by atoms with E-state index < -0.39 is 0 Å². The molecule has 1 aromatic rings. The molecule has 1 unspecified atom stereocenters. The van der Waals surface area contributed by atoms with Crippen molar-refractivity contribution in [3.63, 3.8) is 0 Å². The molecule has 0 N–H and O–H groups in total. The van der Waals surface area contributed by atoms with E-state index in [2.05, 4.69) is 0 Å². The second-order valence-corrected chi connectivity index (χ2v) is 5.20. The number of rotatable bonds is 5. The topological polar surface area (TPSA) is 38.8 Å². The summed E-state index contributed by atoms with van der Waals surface area (Å²) in [7, 11) is 5.44. The molecule has 1 saturated heterocycles. The van der Waals surface area contributed by atoms with Gasteiger partial charge in [-0.15, -0.1) is 0 Å². The Labute approximate surface area is 114 Å². The molecule has 0 spiro atoms. The fourth-order valence-electron chi connectivity index (χ4n) is 2.27. The highest BCUT2D eigenvalue weighted by Crippen LogP contribution is 2.29. The van der Waals surface area contributed by atoms with Crippen LogP contribution in [0, 0.1) is 5.92 Å². The lowest BCUT2D eigenvalue weighted by Crippen LogP contribution is -2.31. The molecule has 0 aliphatic carbocycles. The zero-order valence-electron chi connectivity index (χ0n) is 11.8. The van der Waals surface area contributed by atoms with Gasteiger partial charge in [0.2, 0.25) is 0 Å². The first-order valence-electron chi connectivity index (χ1n) is 6.54. The lowest BCUT2D eigenvalue weighted by Gasteiger charge is -2.29. The van der Waals surface area contributed by atoms with Crippen LogP contribution in [0.3, 0.4) is 0 Å². The summed E-state index contributed by atoms with van der Waals surface area (Å²) in [5.41, 5.74) is 2.14. The highest BCUT2D eigenvalue weighted by atomic mass is 16.5. The van der Waals surface area contributed by atoms with Crippen molar-refractivity contribution in [3.05, 3.63) is 29.8 Å². The lowest BCUT2D eigenvalue weighted by atomic mass is 9.88. The van der Waals surface area contributed by atoms with Gasteiger partial charge in [-0.05, 0) is 24.1 Å². The van der Waals surface area contributed by atoms with Crippen LogP contribution in [0.4, 0.5) is 5.69 Å². The number of carbonyl (C=O) groups is 1. The summed E-state index contributed by atoms with van der Waals surface area (Å²) in [6.07, 6.45) is 0.800. The van der Waals surface area contributed by atoms with E-state index in [0.717, 1.165) is 30.9 Å². The summed E-state index contributed by atoms with van der Waals surface area (Å²) in [5.74, 6) is 0.122. The van der Waals surface area contributed by atoms with Crippen LogP contribution in [0.2, 0.25) is 0 Å². The van der Waals surface area contributed by atoms with Crippen molar-refractivity contribution >= 4 is 11.7 Å². The molecular weight excluding hydrogens is 242 g/mol. The van der Waals surface area contributed by atoms with E-state index in [1.165, 1.54) is 7.11 Å². The van der Waals surface area contributed by atoms with Gasteiger partial charge in [-0.3, -0.25) is 4.79 Å². The highest BCUT2D eigenvalue weighted by Gasteiger charge is 2.29. The molecule has 2 rings (SSSR count). The molecule has 1 aliphatic heterocycles. The van der Waals surface area contributed by atoms with Crippen molar-refractivity contribution in [2.24, 2.45) is 5.92 Å². The first kappa shape index (κ1) is 13.9. The maximum atomic E-state index is 11.9. The molecule has 0 amide bonds. The second kappa shape index (κ2) is 6.06. The number of hydrogen-bond donors (Lipinski definition) is 0. The molecule has 4 nitrogen and oxygen atoms in total. The molecule has 1 heterocycles. The SMILES string of the molecule is COC(=O)C(CC1COC1)c1ccc(N(C)C)cc1. The maximum Gasteiger partial charge on any atom is 0.313 e. The minimum absolute atomic E-state index is 0.162. The van der Waals surface area contributed by atoms with Crippen LogP contribution in [0.25, 0.3) is 0 Å². The van der Waals surface area contributed by atoms with Gasteiger partial charge in [-0.25, -0.2) is 0 Å². The van der Waals surface area contributed by atoms with Gasteiger partial charge >= 0.3 is 5.97 Å². The van der Waals surface area contributed by atoms with E-state index in [1.807, 2.05) is 43.3 Å². The third-order valence-corrected chi connectivity index (χ3v) is 3.57. The lowest BCUT2D eigenvalue weighted by molar-refractivity contribution is -0.144. The van der Waals surface area contributed by atoms with Gasteiger partial charge in [0.1, 0.15) is 0 Å². The Morgan fingerprint density at radius 1 is 1.37 bits per heavy atom. The zero-order valence-corrected chi connectivity index (χ0v) is 11.8. The molecule has 1 fully saturated rings. The number of esters is 1. The van der Waals surface area contributed by atoms with Crippen molar-refractivity contribution in [2.75, 3.05) is 39.3 Å². The summed E-state index contributed by atoms with van der Waals surface area (Å²) >= 11 is 0. The fourth-order valence-corrected chi connectivity index (χ4v) is 2.27. The van der Waals surface area contributed by atoms with Crippen LogP contribution < -0.4 is 4.90 Å². The second-order valence-electron chi connectivity index (χ2n) is 5.20. The van der Waals surface area contributed by atoms with Crippen molar-refractivity contribution < 1.29 is 14.3 Å². The Morgan fingerprint density at radius 2 is 2.00 bits per heavy atom. The average molecular weight is 263 g/mol. The van der Waals surface area contributed by atoms with E-state index in [-0.39, 0.29) is 11.9 Å². The van der Waals surface area contributed by atoms with Gasteiger partial charge in [-0.1, -0.05) is 12.1 Å². The van der Waals surface area contributed by atoms with E-state index in [0.29, 0.717) is 5.92 Å². The number of hydrogen-bond acceptors (Lipinski definition) is 4. The van der Waals surface area contributed by atoms with Crippen molar-refractivity contribution in [2.45, 2.75) is 12.3 Å². The fraction of sp³-hybridized carbons (Fsp3) is 0.533. The Morgan fingerprint density at radius 3 is 2.42 bits per heavy atom. The van der Waals surface area contributed by atoms with Crippen LogP contribution in [0.15, 0.2) is 24.3 Å². The van der Waals surface area contributed by atoms with E-state index >= 15 is 0 Å². The zero-order chi connectivity index (χ0) is 13.8. The van der Waals surface area contributed by atoms with E-state index in [9.17, 15) is 4.79 Å². The molecule has 4 heteroatoms. The van der Waals surface area contributed by atoms with Gasteiger partial charge in [-0.2, -0.15) is 0 Å². The quantitative estimate of drug-likeness (QED) is 0.762. The molecule has 1 aliphatic rings. The Hall–Kier alpha value is -1.55. The minimum Gasteiger partial charge on any atom is -0.469 e. The summed E-state index contributed by atoms with van der Waals surface area (Å²) in [6.45, 7) is 1.51. The van der Waals surface area contributed by atoms with Gasteiger partial charge < -0.3 is 14.4 Å². The molecule has 104 valence electrons. The minimum atomic E-state index is -0.185. The number of methoxy groups -OCH3 is 1. The molecule has 0 saturated carbocycles. The highest BCUT2D eigenvalue weighted by molar-refractivity contribution is 5.78. The van der Waals surface area contributed by atoms with Crippen molar-refractivity contribution in [1.29, 1.82) is 0 Å². The number of ether oxygens (including phenoxy) is 2. The summed E-state index contributed by atoms with van der Waals surface area (Å²) < 4.78 is 10.1. The number of nitrogens with zero attached hydrogens (tertiary/aromatic N) is 1. The monoisotopic (exact) mass is 263 g/mol. The maximum absolute atomic E-state index is 11.9. The van der Waals surface area contributed by atoms with Crippen LogP contribution in [-0.4, -0.2) is 40.4 Å². The third kappa shape index (κ3) is 3.26. The number of benzene rings is 1. The average Bonchev–Trinajstić information content (AvgIpc) is 2.37. The molecule has 1 aromatic carbocycles. The third-order valence-electron chi connectivity index (χ3n) is 3.57. The largest absolute Gasteiger partial charge is 0.469 e. The first-order valence-corrected chi connectivity index (χ1v) is 6.54. The molecule has 0 radical (unpaired) electrons. The molecule has 0 aromatic heterocycles. The normalized spacial score (nSPS) is 16.6. The van der Waals surface area contributed by atoms with Crippen LogP contribution in [0.1, 0.15) is 17.9 Å². The standard InChI is InChI=1S/C15H21NO3/c1-16(2)13-6-4-12(5-7-13)14(15(17)18-3)8-11-9-19-10-11/h4-7,11,14H,8-10H2,1-3H3. The Bertz CT molecular complexity index is 424. The molecule has 1 atom stereocenters. The Kier molecular flexibility index (Phi) is 4.43. The smallest absolute Gasteiger partial charge is 0.313 e. The van der Waals surface area contributed by atoms with Gasteiger partial charge in [0.05, 0.1) is 26.2 Å². The van der Waals surface area contributed by atoms with E-state index in [4.69, 9.17) is 9.47 Å². The summed E-state index contributed by atoms with van der Waals surface area (Å²) in [4.78, 5) is 14.0. The van der Waals surface area contributed by atoms with Crippen LogP contribution >= 0.6 is 0 Å². The molecule has 19 heavy (non-hydrogen) atoms. The summed E-state index contributed by atoms with van der Waals surface area (Å²) in [5, 5.41) is 0. The van der Waals surface area contributed by atoms with Gasteiger partial charge in [0, 0.05) is 25.7 Å².